The van der Waals surface area contributed by atoms with Gasteiger partial charge in [-0.05, 0) is 43.2 Å². The molecule has 25 heavy (non-hydrogen) atoms. The van der Waals surface area contributed by atoms with E-state index in [1.54, 1.807) is 30.5 Å². The van der Waals surface area contributed by atoms with E-state index >= 15 is 0 Å². The second kappa shape index (κ2) is 7.76. The van der Waals surface area contributed by atoms with Crippen LogP contribution in [0.4, 0.5) is 0 Å². The molecule has 1 aromatic heterocycles. The Hall–Kier alpha value is -2.25. The van der Waals surface area contributed by atoms with Crippen molar-refractivity contribution in [2.24, 2.45) is 0 Å². The van der Waals surface area contributed by atoms with E-state index in [0.29, 0.717) is 5.69 Å². The van der Waals surface area contributed by atoms with Gasteiger partial charge in [0, 0.05) is 12.2 Å². The number of hydrogen-bond acceptors (Lipinski definition) is 5. The molecule has 0 amide bonds. The number of ether oxygens (including phenoxy) is 1. The Bertz CT molecular complexity index is 831. The number of carbonyl (C=O) groups is 1. The van der Waals surface area contributed by atoms with Crippen molar-refractivity contribution in [3.05, 3.63) is 59.9 Å². The number of rotatable bonds is 6. The number of aromatic nitrogens is 1. The van der Waals surface area contributed by atoms with E-state index < -0.39 is 16.0 Å². The highest BCUT2D eigenvalue weighted by Gasteiger charge is 2.23. The Kier molecular flexibility index (Phi) is 5.45. The number of hydrogen-bond donors (Lipinski definition) is 1. The van der Waals surface area contributed by atoms with E-state index in [1.807, 2.05) is 0 Å². The lowest BCUT2D eigenvalue weighted by molar-refractivity contribution is 0.0467. The average molecular weight is 360 g/mol. The van der Waals surface area contributed by atoms with Gasteiger partial charge in [0.15, 0.2) is 0 Å². The molecule has 0 unspecified atom stereocenters. The van der Waals surface area contributed by atoms with Crippen molar-refractivity contribution in [1.29, 1.82) is 0 Å². The molecule has 1 N–H and O–H groups in total. The first-order valence-electron chi connectivity index (χ1n) is 8.24. The largest absolute Gasteiger partial charge is 0.456 e. The van der Waals surface area contributed by atoms with Crippen LogP contribution in [0.1, 0.15) is 41.7 Å². The van der Waals surface area contributed by atoms with E-state index in [9.17, 15) is 13.2 Å². The summed E-state index contributed by atoms with van der Waals surface area (Å²) in [5.74, 6) is -0.580. The minimum Gasteiger partial charge on any atom is -0.456 e. The lowest BCUT2D eigenvalue weighted by Crippen LogP contribution is -2.32. The zero-order chi connectivity index (χ0) is 17.7. The third-order valence-electron chi connectivity index (χ3n) is 4.13. The van der Waals surface area contributed by atoms with Gasteiger partial charge in [0.05, 0.1) is 16.2 Å². The van der Waals surface area contributed by atoms with Gasteiger partial charge in [0.2, 0.25) is 10.0 Å². The maximum atomic E-state index is 12.5. The summed E-state index contributed by atoms with van der Waals surface area (Å²) in [5, 5.41) is 0. The topological polar surface area (TPSA) is 85.4 Å². The third kappa shape index (κ3) is 4.64. The lowest BCUT2D eigenvalue weighted by atomic mass is 10.2. The first kappa shape index (κ1) is 17.6. The van der Waals surface area contributed by atoms with E-state index in [-0.39, 0.29) is 23.1 Å². The highest BCUT2D eigenvalue weighted by atomic mass is 32.2. The number of nitrogens with zero attached hydrogens (tertiary/aromatic N) is 1. The molecule has 1 aliphatic carbocycles. The summed E-state index contributed by atoms with van der Waals surface area (Å²) in [7, 11) is -3.64. The van der Waals surface area contributed by atoms with Crippen LogP contribution in [0, 0.1) is 0 Å². The Morgan fingerprint density at radius 2 is 1.96 bits per heavy atom. The van der Waals surface area contributed by atoms with Gasteiger partial charge in [-0.3, -0.25) is 4.98 Å². The van der Waals surface area contributed by atoms with E-state index in [0.717, 1.165) is 25.7 Å². The fourth-order valence-corrected chi connectivity index (χ4v) is 4.18. The fraction of sp³-hybridized carbons (Fsp3) is 0.333. The maximum absolute atomic E-state index is 12.5. The standard InChI is InChI=1S/C18H20N2O4S/c21-18(24-13-16-9-3-4-11-19-16)14-6-5-10-17(12-14)25(22,23)20-15-7-1-2-8-15/h3-6,9-12,15,20H,1-2,7-8,13H2. The molecule has 0 radical (unpaired) electrons. The number of carbonyl (C=O) groups excluding carboxylic acids is 1. The van der Waals surface area contributed by atoms with E-state index in [4.69, 9.17) is 4.74 Å². The van der Waals surface area contributed by atoms with Crippen molar-refractivity contribution < 1.29 is 17.9 Å². The van der Waals surface area contributed by atoms with Gasteiger partial charge in [0.1, 0.15) is 6.61 Å². The van der Waals surface area contributed by atoms with Crippen LogP contribution in [0.25, 0.3) is 0 Å². The minimum absolute atomic E-state index is 0.0234. The van der Waals surface area contributed by atoms with Gasteiger partial charge in [-0.1, -0.05) is 25.0 Å². The smallest absolute Gasteiger partial charge is 0.338 e. The normalized spacial score (nSPS) is 15.2. The van der Waals surface area contributed by atoms with Gasteiger partial charge >= 0.3 is 5.97 Å². The molecule has 3 rings (SSSR count). The van der Waals surface area contributed by atoms with Crippen LogP contribution in [0.2, 0.25) is 0 Å². The lowest BCUT2D eigenvalue weighted by Gasteiger charge is -2.13. The average Bonchev–Trinajstić information content (AvgIpc) is 3.13. The first-order chi connectivity index (χ1) is 12.0. The molecule has 0 bridgehead atoms. The Morgan fingerprint density at radius 3 is 2.68 bits per heavy atom. The molecular formula is C18H20N2O4S. The van der Waals surface area contributed by atoms with E-state index in [1.165, 1.54) is 18.2 Å². The molecule has 1 fully saturated rings. The van der Waals surface area contributed by atoms with Gasteiger partial charge in [-0.2, -0.15) is 0 Å². The van der Waals surface area contributed by atoms with Crippen LogP contribution in [0.5, 0.6) is 0 Å². The number of esters is 1. The molecule has 1 aliphatic rings. The van der Waals surface area contributed by atoms with E-state index in [2.05, 4.69) is 9.71 Å². The number of pyridine rings is 1. The molecule has 0 saturated heterocycles. The van der Waals surface area contributed by atoms with Crippen molar-refractivity contribution >= 4 is 16.0 Å². The Balaban J connectivity index is 1.68. The summed E-state index contributed by atoms with van der Waals surface area (Å²) >= 11 is 0. The summed E-state index contributed by atoms with van der Waals surface area (Å²) in [5.41, 5.74) is 0.827. The van der Waals surface area contributed by atoms with Crippen LogP contribution >= 0.6 is 0 Å². The second-order valence-electron chi connectivity index (χ2n) is 6.03. The molecule has 7 heteroatoms. The van der Waals surface area contributed by atoms with Crippen molar-refractivity contribution in [2.75, 3.05) is 0 Å². The zero-order valence-electron chi connectivity index (χ0n) is 13.7. The third-order valence-corrected chi connectivity index (χ3v) is 5.65. The molecular weight excluding hydrogens is 340 g/mol. The first-order valence-corrected chi connectivity index (χ1v) is 9.72. The van der Waals surface area contributed by atoms with Crippen LogP contribution in [0.15, 0.2) is 53.6 Å². The molecule has 0 spiro atoms. The molecule has 6 nitrogen and oxygen atoms in total. The molecule has 1 aromatic carbocycles. The summed E-state index contributed by atoms with van der Waals surface area (Å²) < 4.78 is 32.8. The Labute approximate surface area is 147 Å². The van der Waals surface area contributed by atoms with Crippen molar-refractivity contribution in [2.45, 2.75) is 43.2 Å². The monoisotopic (exact) mass is 360 g/mol. The molecule has 1 heterocycles. The fourth-order valence-electron chi connectivity index (χ4n) is 2.83. The van der Waals surface area contributed by atoms with Gasteiger partial charge in [-0.15, -0.1) is 0 Å². The van der Waals surface area contributed by atoms with Gasteiger partial charge < -0.3 is 4.74 Å². The molecule has 0 atom stereocenters. The number of sulfonamides is 1. The summed E-state index contributed by atoms with van der Waals surface area (Å²) in [6, 6.07) is 11.2. The maximum Gasteiger partial charge on any atom is 0.338 e. The number of nitrogens with one attached hydrogen (secondary N) is 1. The van der Waals surface area contributed by atoms with Gasteiger partial charge in [-0.25, -0.2) is 17.9 Å². The predicted octanol–water partition coefficient (Wildman–Crippen LogP) is 2.66. The SMILES string of the molecule is O=C(OCc1ccccn1)c1cccc(S(=O)(=O)NC2CCCC2)c1. The molecule has 132 valence electrons. The predicted molar refractivity (Wildman–Crippen MR) is 92.4 cm³/mol. The Morgan fingerprint density at radius 1 is 1.16 bits per heavy atom. The summed E-state index contributed by atoms with van der Waals surface area (Å²) in [4.78, 5) is 16.3. The molecule has 1 saturated carbocycles. The van der Waals surface area contributed by atoms with Crippen LogP contribution in [0.3, 0.4) is 0 Å². The zero-order valence-corrected chi connectivity index (χ0v) is 14.5. The van der Waals surface area contributed by atoms with Crippen LogP contribution in [-0.4, -0.2) is 25.4 Å². The minimum atomic E-state index is -3.64. The quantitative estimate of drug-likeness (QED) is 0.801. The molecule has 0 aliphatic heterocycles. The van der Waals surface area contributed by atoms with Crippen molar-refractivity contribution in [3.63, 3.8) is 0 Å². The highest BCUT2D eigenvalue weighted by Crippen LogP contribution is 2.21. The second-order valence-corrected chi connectivity index (χ2v) is 7.74. The summed E-state index contributed by atoms with van der Waals surface area (Å²) in [6.07, 6.45) is 5.39. The summed E-state index contributed by atoms with van der Waals surface area (Å²) in [6.45, 7) is 0.0387. The van der Waals surface area contributed by atoms with Crippen LogP contribution < -0.4 is 4.72 Å². The van der Waals surface area contributed by atoms with Crippen molar-refractivity contribution in [1.82, 2.24) is 9.71 Å². The van der Waals surface area contributed by atoms with Gasteiger partial charge in [0.25, 0.3) is 0 Å². The van der Waals surface area contributed by atoms with Crippen LogP contribution in [-0.2, 0) is 21.4 Å². The molecule has 2 aromatic rings. The number of benzene rings is 1. The van der Waals surface area contributed by atoms with Crippen molar-refractivity contribution in [3.8, 4) is 0 Å². The highest BCUT2D eigenvalue weighted by molar-refractivity contribution is 7.89.